The lowest BCUT2D eigenvalue weighted by Gasteiger charge is -2.39. The standard InChI is InChI=1S/C16H23/c1-13-9-11-15(12-10-13)16(2,3)14-7-5-4-6-8-14/h4-8,15H,9-12H2,1-3H3. The molecule has 0 aromatic heterocycles. The maximum absolute atomic E-state index is 2.41. The Kier molecular flexibility index (Phi) is 3.37. The minimum atomic E-state index is 0.335. The van der Waals surface area contributed by atoms with Crippen molar-refractivity contribution >= 4 is 0 Å². The molecule has 0 spiro atoms. The number of rotatable bonds is 2. The van der Waals surface area contributed by atoms with Gasteiger partial charge in [0, 0.05) is 0 Å². The summed E-state index contributed by atoms with van der Waals surface area (Å²) in [5.41, 5.74) is 1.83. The second kappa shape index (κ2) is 4.61. The van der Waals surface area contributed by atoms with Crippen LogP contribution in [-0.4, -0.2) is 0 Å². The van der Waals surface area contributed by atoms with Crippen LogP contribution in [0, 0.1) is 11.8 Å². The van der Waals surface area contributed by atoms with E-state index in [1.807, 2.05) is 0 Å². The monoisotopic (exact) mass is 215 g/mol. The van der Waals surface area contributed by atoms with E-state index >= 15 is 0 Å². The molecule has 2 rings (SSSR count). The second-order valence-corrected chi connectivity index (χ2v) is 5.82. The van der Waals surface area contributed by atoms with Gasteiger partial charge >= 0.3 is 0 Å². The maximum atomic E-state index is 2.41. The first-order valence-electron chi connectivity index (χ1n) is 6.47. The first-order chi connectivity index (χ1) is 7.60. The molecule has 87 valence electrons. The highest BCUT2D eigenvalue weighted by Crippen LogP contribution is 2.42. The van der Waals surface area contributed by atoms with Gasteiger partial charge in [-0.05, 0) is 48.5 Å². The zero-order valence-electron chi connectivity index (χ0n) is 10.8. The maximum Gasteiger partial charge on any atom is -0.00753 e. The molecule has 0 unspecified atom stereocenters. The molecule has 0 atom stereocenters. The van der Waals surface area contributed by atoms with Crippen molar-refractivity contribution in [2.45, 2.75) is 51.9 Å². The van der Waals surface area contributed by atoms with Gasteiger partial charge in [0.05, 0.1) is 0 Å². The normalized spacial score (nSPS) is 19.9. The van der Waals surface area contributed by atoms with E-state index in [0.29, 0.717) is 5.41 Å². The quantitative estimate of drug-likeness (QED) is 0.668. The van der Waals surface area contributed by atoms with Gasteiger partial charge in [-0.25, -0.2) is 0 Å². The van der Waals surface area contributed by atoms with Crippen LogP contribution in [0.4, 0.5) is 0 Å². The topological polar surface area (TPSA) is 0 Å². The Hall–Kier alpha value is -0.780. The molecule has 1 fully saturated rings. The third-order valence-corrected chi connectivity index (χ3v) is 4.38. The summed E-state index contributed by atoms with van der Waals surface area (Å²) in [5, 5.41) is 0. The van der Waals surface area contributed by atoms with E-state index in [2.05, 4.69) is 51.1 Å². The van der Waals surface area contributed by atoms with Gasteiger partial charge in [0.25, 0.3) is 0 Å². The predicted molar refractivity (Wildman–Crippen MR) is 70.3 cm³/mol. The molecule has 1 radical (unpaired) electrons. The molecule has 0 heteroatoms. The summed E-state index contributed by atoms with van der Waals surface area (Å²) in [7, 11) is 0. The van der Waals surface area contributed by atoms with E-state index in [-0.39, 0.29) is 0 Å². The van der Waals surface area contributed by atoms with E-state index in [1.54, 1.807) is 5.92 Å². The Morgan fingerprint density at radius 3 is 2.12 bits per heavy atom. The van der Waals surface area contributed by atoms with Crippen molar-refractivity contribution in [2.24, 2.45) is 5.92 Å². The lowest BCUT2D eigenvalue weighted by molar-refractivity contribution is 0.247. The summed E-state index contributed by atoms with van der Waals surface area (Å²) in [6.45, 7) is 7.13. The number of hydrogen-bond donors (Lipinski definition) is 0. The van der Waals surface area contributed by atoms with Crippen LogP contribution in [0.2, 0.25) is 0 Å². The van der Waals surface area contributed by atoms with Gasteiger partial charge in [-0.1, -0.05) is 51.1 Å². The van der Waals surface area contributed by atoms with Crippen molar-refractivity contribution in [2.75, 3.05) is 0 Å². The fourth-order valence-electron chi connectivity index (χ4n) is 2.94. The van der Waals surface area contributed by atoms with Crippen LogP contribution in [-0.2, 0) is 5.41 Å². The molecular formula is C16H23. The predicted octanol–water partition coefficient (Wildman–Crippen LogP) is 4.75. The van der Waals surface area contributed by atoms with Crippen molar-refractivity contribution in [1.29, 1.82) is 0 Å². The van der Waals surface area contributed by atoms with Gasteiger partial charge in [-0.15, -0.1) is 0 Å². The van der Waals surface area contributed by atoms with E-state index in [9.17, 15) is 0 Å². The molecule has 1 aliphatic rings. The molecule has 0 aliphatic heterocycles. The summed E-state index contributed by atoms with van der Waals surface area (Å²) >= 11 is 0. The van der Waals surface area contributed by atoms with Crippen molar-refractivity contribution in [3.05, 3.63) is 41.8 Å². The average Bonchev–Trinajstić information content (AvgIpc) is 2.31. The van der Waals surface area contributed by atoms with Crippen molar-refractivity contribution in [3.8, 4) is 0 Å². The lowest BCUT2D eigenvalue weighted by atomic mass is 9.66. The summed E-state index contributed by atoms with van der Waals surface area (Å²) in [6.07, 6.45) is 5.41. The second-order valence-electron chi connectivity index (χ2n) is 5.82. The Labute approximate surface area is 100 Å². The first kappa shape index (κ1) is 11.7. The fraction of sp³-hybridized carbons (Fsp3) is 0.562. The Morgan fingerprint density at radius 2 is 1.56 bits per heavy atom. The van der Waals surface area contributed by atoms with Crippen LogP contribution in [0.1, 0.15) is 52.0 Å². The molecule has 1 saturated carbocycles. The van der Waals surface area contributed by atoms with E-state index in [0.717, 1.165) is 5.92 Å². The molecule has 0 saturated heterocycles. The van der Waals surface area contributed by atoms with Crippen LogP contribution < -0.4 is 0 Å². The summed E-state index contributed by atoms with van der Waals surface area (Å²) < 4.78 is 0. The third kappa shape index (κ3) is 2.31. The SMILES string of the molecule is C[C]1CCC(C(C)(C)c2ccccc2)CC1. The first-order valence-corrected chi connectivity index (χ1v) is 6.47. The van der Waals surface area contributed by atoms with Gasteiger partial charge in [-0.3, -0.25) is 0 Å². The van der Waals surface area contributed by atoms with Crippen molar-refractivity contribution in [1.82, 2.24) is 0 Å². The minimum Gasteiger partial charge on any atom is -0.0622 e. The third-order valence-electron chi connectivity index (χ3n) is 4.38. The zero-order chi connectivity index (χ0) is 11.6. The number of hydrogen-bond acceptors (Lipinski definition) is 0. The summed E-state index contributed by atoms with van der Waals surface area (Å²) in [4.78, 5) is 0. The molecule has 16 heavy (non-hydrogen) atoms. The summed E-state index contributed by atoms with van der Waals surface area (Å²) in [6, 6.07) is 11.0. The Bertz CT molecular complexity index is 315. The van der Waals surface area contributed by atoms with Gasteiger partial charge < -0.3 is 0 Å². The Morgan fingerprint density at radius 1 is 1.00 bits per heavy atom. The van der Waals surface area contributed by atoms with Crippen LogP contribution in [0.25, 0.3) is 0 Å². The van der Waals surface area contributed by atoms with Gasteiger partial charge in [-0.2, -0.15) is 0 Å². The lowest BCUT2D eigenvalue weighted by Crippen LogP contribution is -2.31. The van der Waals surface area contributed by atoms with Crippen molar-refractivity contribution in [3.63, 3.8) is 0 Å². The Balaban J connectivity index is 2.13. The van der Waals surface area contributed by atoms with Gasteiger partial charge in [0.15, 0.2) is 0 Å². The minimum absolute atomic E-state index is 0.335. The fourth-order valence-corrected chi connectivity index (χ4v) is 2.94. The largest absolute Gasteiger partial charge is 0.0622 e. The highest BCUT2D eigenvalue weighted by Gasteiger charge is 2.33. The van der Waals surface area contributed by atoms with E-state index in [4.69, 9.17) is 0 Å². The molecule has 0 amide bonds. The summed E-state index contributed by atoms with van der Waals surface area (Å²) in [5.74, 6) is 2.54. The van der Waals surface area contributed by atoms with Crippen LogP contribution in [0.3, 0.4) is 0 Å². The van der Waals surface area contributed by atoms with E-state index < -0.39 is 0 Å². The van der Waals surface area contributed by atoms with Crippen LogP contribution >= 0.6 is 0 Å². The van der Waals surface area contributed by atoms with E-state index in [1.165, 1.54) is 31.2 Å². The molecular weight excluding hydrogens is 192 g/mol. The molecule has 1 aliphatic carbocycles. The molecule has 0 bridgehead atoms. The molecule has 1 aromatic rings. The molecule has 0 heterocycles. The number of benzene rings is 1. The van der Waals surface area contributed by atoms with Gasteiger partial charge in [0.1, 0.15) is 0 Å². The highest BCUT2D eigenvalue weighted by atomic mass is 14.4. The smallest absolute Gasteiger partial charge is 0.00753 e. The van der Waals surface area contributed by atoms with Crippen molar-refractivity contribution < 1.29 is 0 Å². The van der Waals surface area contributed by atoms with Gasteiger partial charge in [0.2, 0.25) is 0 Å². The van der Waals surface area contributed by atoms with Crippen LogP contribution in [0.5, 0.6) is 0 Å². The highest BCUT2D eigenvalue weighted by molar-refractivity contribution is 5.25. The molecule has 1 aromatic carbocycles. The molecule has 0 nitrogen and oxygen atoms in total. The van der Waals surface area contributed by atoms with Crippen LogP contribution in [0.15, 0.2) is 30.3 Å². The zero-order valence-corrected chi connectivity index (χ0v) is 10.8. The average molecular weight is 215 g/mol. The molecule has 0 N–H and O–H groups in total.